The average molecular weight is 292 g/mol. The Kier molecular flexibility index (Phi) is 5.80. The van der Waals surface area contributed by atoms with Crippen molar-refractivity contribution in [2.24, 2.45) is 0 Å². The number of nitrogens with zero attached hydrogens (tertiary/aromatic N) is 1. The van der Waals surface area contributed by atoms with Crippen molar-refractivity contribution in [1.29, 1.82) is 0 Å². The maximum absolute atomic E-state index is 13.9. The molecular weight excluding hydrogens is 272 g/mol. The first-order chi connectivity index (χ1) is 9.20. The Morgan fingerprint density at radius 3 is 2.45 bits per heavy atom. The molecule has 1 aromatic carbocycles. The molecule has 0 aliphatic carbocycles. The summed E-state index contributed by atoms with van der Waals surface area (Å²) in [5, 5.41) is 3.14. The van der Waals surface area contributed by atoms with Crippen molar-refractivity contribution < 1.29 is 17.6 Å². The second-order valence-electron chi connectivity index (χ2n) is 5.07. The van der Waals surface area contributed by atoms with Gasteiger partial charge in [0.15, 0.2) is 0 Å². The predicted molar refractivity (Wildman–Crippen MR) is 72.3 cm³/mol. The average Bonchev–Trinajstić information content (AvgIpc) is 2.32. The van der Waals surface area contributed by atoms with Gasteiger partial charge in [-0.25, -0.2) is 4.39 Å². The normalized spacial score (nSPS) is 12.0. The summed E-state index contributed by atoms with van der Waals surface area (Å²) >= 11 is 0. The first kappa shape index (κ1) is 16.8. The van der Waals surface area contributed by atoms with Crippen LogP contribution in [0.4, 0.5) is 23.2 Å². The van der Waals surface area contributed by atoms with Crippen LogP contribution in [0.3, 0.4) is 0 Å². The number of para-hydroxylation sites is 1. The maximum atomic E-state index is 13.9. The standard InChI is InChI=1S/C14H20F4N2/c1-10(2)19-9-11-5-4-6-12(15)13(11)20(3)8-7-14(16,17)18/h4-6,10,19H,7-9H2,1-3H3. The van der Waals surface area contributed by atoms with Crippen molar-refractivity contribution in [2.45, 2.75) is 39.0 Å². The lowest BCUT2D eigenvalue weighted by Gasteiger charge is -2.24. The van der Waals surface area contributed by atoms with Crippen molar-refractivity contribution in [3.8, 4) is 0 Å². The minimum absolute atomic E-state index is 0.214. The first-order valence-corrected chi connectivity index (χ1v) is 6.49. The third-order valence-corrected chi connectivity index (χ3v) is 2.88. The molecule has 6 heteroatoms. The van der Waals surface area contributed by atoms with Crippen molar-refractivity contribution in [1.82, 2.24) is 5.32 Å². The van der Waals surface area contributed by atoms with E-state index in [1.165, 1.54) is 18.0 Å². The molecule has 1 rings (SSSR count). The highest BCUT2D eigenvalue weighted by Gasteiger charge is 2.28. The van der Waals surface area contributed by atoms with E-state index in [4.69, 9.17) is 0 Å². The number of alkyl halides is 3. The van der Waals surface area contributed by atoms with Gasteiger partial charge in [0.25, 0.3) is 0 Å². The van der Waals surface area contributed by atoms with E-state index in [2.05, 4.69) is 5.32 Å². The number of halogens is 4. The molecule has 0 heterocycles. The van der Waals surface area contributed by atoms with E-state index in [-0.39, 0.29) is 18.3 Å². The fourth-order valence-electron chi connectivity index (χ4n) is 1.85. The van der Waals surface area contributed by atoms with Gasteiger partial charge in [-0.1, -0.05) is 26.0 Å². The summed E-state index contributed by atoms with van der Waals surface area (Å²) < 4.78 is 50.7. The van der Waals surface area contributed by atoms with Crippen molar-refractivity contribution in [2.75, 3.05) is 18.5 Å². The molecule has 0 spiro atoms. The fourth-order valence-corrected chi connectivity index (χ4v) is 1.85. The van der Waals surface area contributed by atoms with E-state index < -0.39 is 18.4 Å². The number of rotatable bonds is 6. The van der Waals surface area contributed by atoms with Crippen LogP contribution < -0.4 is 10.2 Å². The topological polar surface area (TPSA) is 15.3 Å². The molecule has 0 fully saturated rings. The molecule has 114 valence electrons. The van der Waals surface area contributed by atoms with Gasteiger partial charge in [-0.15, -0.1) is 0 Å². The number of benzene rings is 1. The zero-order chi connectivity index (χ0) is 15.3. The SMILES string of the molecule is CC(C)NCc1cccc(F)c1N(C)CCC(F)(F)F. The molecule has 20 heavy (non-hydrogen) atoms. The zero-order valence-electron chi connectivity index (χ0n) is 11.9. The van der Waals surface area contributed by atoms with Gasteiger partial charge in [-0.3, -0.25) is 0 Å². The van der Waals surface area contributed by atoms with Gasteiger partial charge in [0, 0.05) is 26.2 Å². The second kappa shape index (κ2) is 6.92. The molecule has 0 saturated heterocycles. The Balaban J connectivity index is 2.85. The third kappa shape index (κ3) is 5.36. The van der Waals surface area contributed by atoms with Gasteiger partial charge in [0.2, 0.25) is 0 Å². The van der Waals surface area contributed by atoms with Crippen LogP contribution in [0.5, 0.6) is 0 Å². The number of hydrogen-bond donors (Lipinski definition) is 1. The highest BCUT2D eigenvalue weighted by molar-refractivity contribution is 5.54. The van der Waals surface area contributed by atoms with Gasteiger partial charge in [-0.05, 0) is 11.6 Å². The molecule has 2 nitrogen and oxygen atoms in total. The molecule has 0 unspecified atom stereocenters. The largest absolute Gasteiger partial charge is 0.390 e. The van der Waals surface area contributed by atoms with Crippen molar-refractivity contribution in [3.63, 3.8) is 0 Å². The van der Waals surface area contributed by atoms with Crippen LogP contribution >= 0.6 is 0 Å². The number of hydrogen-bond acceptors (Lipinski definition) is 2. The Morgan fingerprint density at radius 2 is 1.90 bits per heavy atom. The van der Waals surface area contributed by atoms with E-state index >= 15 is 0 Å². The predicted octanol–water partition coefficient (Wildman–Crippen LogP) is 3.71. The van der Waals surface area contributed by atoms with E-state index in [1.807, 2.05) is 13.8 Å². The highest BCUT2D eigenvalue weighted by atomic mass is 19.4. The minimum atomic E-state index is -4.24. The quantitative estimate of drug-likeness (QED) is 0.804. The zero-order valence-corrected chi connectivity index (χ0v) is 11.9. The van der Waals surface area contributed by atoms with E-state index in [1.54, 1.807) is 12.1 Å². The molecule has 0 amide bonds. The summed E-state index contributed by atoms with van der Waals surface area (Å²) in [5.74, 6) is -0.502. The Labute approximate surface area is 116 Å². The summed E-state index contributed by atoms with van der Waals surface area (Å²) in [6.45, 7) is 4.05. The first-order valence-electron chi connectivity index (χ1n) is 6.49. The number of anilines is 1. The van der Waals surface area contributed by atoms with Gasteiger partial charge in [0.1, 0.15) is 5.82 Å². The van der Waals surface area contributed by atoms with Crippen LogP contribution in [-0.2, 0) is 6.54 Å². The second-order valence-corrected chi connectivity index (χ2v) is 5.07. The Bertz CT molecular complexity index is 430. The fraction of sp³-hybridized carbons (Fsp3) is 0.571. The van der Waals surface area contributed by atoms with Gasteiger partial charge >= 0.3 is 6.18 Å². The molecule has 0 aliphatic heterocycles. The molecule has 0 bridgehead atoms. The third-order valence-electron chi connectivity index (χ3n) is 2.88. The van der Waals surface area contributed by atoms with Gasteiger partial charge in [0.05, 0.1) is 12.1 Å². The lowest BCUT2D eigenvalue weighted by Crippen LogP contribution is -2.28. The van der Waals surface area contributed by atoms with E-state index in [9.17, 15) is 17.6 Å². The van der Waals surface area contributed by atoms with Gasteiger partial charge < -0.3 is 10.2 Å². The summed E-state index contributed by atoms with van der Waals surface area (Å²) in [4.78, 5) is 1.32. The molecule has 0 saturated carbocycles. The van der Waals surface area contributed by atoms with Crippen LogP contribution in [0, 0.1) is 5.82 Å². The van der Waals surface area contributed by atoms with Crippen LogP contribution in [0.25, 0.3) is 0 Å². The molecule has 0 radical (unpaired) electrons. The summed E-state index contributed by atoms with van der Waals surface area (Å²) in [7, 11) is 1.48. The lowest BCUT2D eigenvalue weighted by atomic mass is 10.1. The molecule has 1 aromatic rings. The lowest BCUT2D eigenvalue weighted by molar-refractivity contribution is -0.132. The van der Waals surface area contributed by atoms with Crippen molar-refractivity contribution in [3.05, 3.63) is 29.6 Å². The molecule has 0 aromatic heterocycles. The highest BCUT2D eigenvalue weighted by Crippen LogP contribution is 2.26. The number of nitrogens with one attached hydrogen (secondary N) is 1. The van der Waals surface area contributed by atoms with Gasteiger partial charge in [-0.2, -0.15) is 13.2 Å². The van der Waals surface area contributed by atoms with Crippen LogP contribution in [0.1, 0.15) is 25.8 Å². The molecule has 0 aliphatic rings. The summed E-state index contributed by atoms with van der Waals surface area (Å²) in [6, 6.07) is 4.76. The minimum Gasteiger partial charge on any atom is -0.372 e. The molecule has 1 N–H and O–H groups in total. The van der Waals surface area contributed by atoms with Crippen LogP contribution in [-0.4, -0.2) is 25.8 Å². The molecule has 0 atom stereocenters. The molecular formula is C14H20F4N2. The Hall–Kier alpha value is -1.30. The summed E-state index contributed by atoms with van der Waals surface area (Å²) in [6.07, 6.45) is -5.20. The van der Waals surface area contributed by atoms with Crippen LogP contribution in [0.15, 0.2) is 18.2 Å². The monoisotopic (exact) mass is 292 g/mol. The summed E-state index contributed by atoms with van der Waals surface area (Å²) in [5.41, 5.74) is 0.883. The maximum Gasteiger partial charge on any atom is 0.390 e. The smallest absolute Gasteiger partial charge is 0.372 e. The van der Waals surface area contributed by atoms with Crippen molar-refractivity contribution >= 4 is 5.69 Å². The van der Waals surface area contributed by atoms with Crippen LogP contribution in [0.2, 0.25) is 0 Å². The Morgan fingerprint density at radius 1 is 1.25 bits per heavy atom. The van der Waals surface area contributed by atoms with E-state index in [0.717, 1.165) is 0 Å². The van der Waals surface area contributed by atoms with E-state index in [0.29, 0.717) is 12.1 Å².